The van der Waals surface area contributed by atoms with Crippen LogP contribution in [-0.4, -0.2) is 25.2 Å². The first-order valence-corrected chi connectivity index (χ1v) is 10.4. The monoisotopic (exact) mass is 447 g/mol. The molecule has 28 heavy (non-hydrogen) atoms. The number of Topliss-reactive ketones (excluding diaryl/α,β-unsaturated/α-hetero) is 1. The van der Waals surface area contributed by atoms with Crippen LogP contribution in [0.15, 0.2) is 39.1 Å². The van der Waals surface area contributed by atoms with Crippen LogP contribution in [0.2, 0.25) is 0 Å². The van der Waals surface area contributed by atoms with E-state index >= 15 is 0 Å². The highest BCUT2D eigenvalue weighted by Gasteiger charge is 2.41. The lowest BCUT2D eigenvalue weighted by Gasteiger charge is -2.35. The van der Waals surface area contributed by atoms with Gasteiger partial charge in [-0.25, -0.2) is 4.79 Å². The Morgan fingerprint density at radius 1 is 1.25 bits per heavy atom. The van der Waals surface area contributed by atoms with Gasteiger partial charge in [-0.05, 0) is 43.9 Å². The summed E-state index contributed by atoms with van der Waals surface area (Å²) in [6, 6.07) is 3.70. The fourth-order valence-electron chi connectivity index (χ4n) is 4.09. The number of esters is 1. The highest BCUT2D eigenvalue weighted by atomic mass is 79.9. The van der Waals surface area contributed by atoms with Crippen LogP contribution >= 0.6 is 15.9 Å². The van der Waals surface area contributed by atoms with Crippen LogP contribution in [0.3, 0.4) is 0 Å². The minimum Gasteiger partial charge on any atom is -0.463 e. The van der Waals surface area contributed by atoms with Gasteiger partial charge >= 0.3 is 5.97 Å². The Labute approximate surface area is 172 Å². The predicted molar refractivity (Wildman–Crippen MR) is 106 cm³/mol. The van der Waals surface area contributed by atoms with Gasteiger partial charge in [-0.15, -0.1) is 0 Å². The number of allylic oxidation sites excluding steroid dienone is 3. The molecule has 1 N–H and O–H groups in total. The highest BCUT2D eigenvalue weighted by molar-refractivity contribution is 9.10. The first-order chi connectivity index (χ1) is 13.5. The molecular weight excluding hydrogens is 426 g/mol. The minimum absolute atomic E-state index is 0.0697. The molecular formula is C21H22BrNO5. The van der Waals surface area contributed by atoms with Crippen molar-refractivity contribution in [3.63, 3.8) is 0 Å². The normalized spacial score (nSPS) is 20.8. The summed E-state index contributed by atoms with van der Waals surface area (Å²) in [5.74, 6) is 0.433. The third-order valence-corrected chi connectivity index (χ3v) is 6.00. The zero-order valence-corrected chi connectivity index (χ0v) is 17.5. The van der Waals surface area contributed by atoms with E-state index in [1.807, 2.05) is 19.1 Å². The van der Waals surface area contributed by atoms with Gasteiger partial charge in [0.15, 0.2) is 17.3 Å². The summed E-state index contributed by atoms with van der Waals surface area (Å²) >= 11 is 3.61. The number of ketones is 1. The molecule has 4 rings (SSSR count). The molecule has 7 heteroatoms. The topological polar surface area (TPSA) is 73.9 Å². The van der Waals surface area contributed by atoms with Gasteiger partial charge in [0, 0.05) is 33.8 Å². The molecule has 0 radical (unpaired) electrons. The lowest BCUT2D eigenvalue weighted by atomic mass is 9.75. The Morgan fingerprint density at radius 2 is 2.00 bits per heavy atom. The molecule has 0 saturated heterocycles. The van der Waals surface area contributed by atoms with Gasteiger partial charge in [0.1, 0.15) is 0 Å². The molecule has 0 spiro atoms. The molecule has 0 bridgehead atoms. The molecule has 2 aliphatic heterocycles. The van der Waals surface area contributed by atoms with Gasteiger partial charge in [0.25, 0.3) is 0 Å². The van der Waals surface area contributed by atoms with Gasteiger partial charge in [-0.2, -0.15) is 0 Å². The number of dihydropyridines is 1. The molecule has 0 fully saturated rings. The van der Waals surface area contributed by atoms with E-state index in [-0.39, 0.29) is 19.2 Å². The highest BCUT2D eigenvalue weighted by Crippen LogP contribution is 2.48. The first-order valence-electron chi connectivity index (χ1n) is 9.57. The Bertz CT molecular complexity index is 918. The molecule has 6 nitrogen and oxygen atoms in total. The summed E-state index contributed by atoms with van der Waals surface area (Å²) < 4.78 is 17.1. The molecule has 0 amide bonds. The van der Waals surface area contributed by atoms with E-state index in [0.717, 1.165) is 34.3 Å². The lowest BCUT2D eigenvalue weighted by Crippen LogP contribution is -2.35. The summed E-state index contributed by atoms with van der Waals surface area (Å²) in [6.07, 6.45) is 2.72. The fourth-order valence-corrected chi connectivity index (χ4v) is 4.64. The zero-order valence-electron chi connectivity index (χ0n) is 15.9. The summed E-state index contributed by atoms with van der Waals surface area (Å²) in [4.78, 5) is 25.9. The molecule has 0 saturated carbocycles. The number of ether oxygens (including phenoxy) is 3. The summed E-state index contributed by atoms with van der Waals surface area (Å²) in [7, 11) is 0. The number of hydrogen-bond acceptors (Lipinski definition) is 6. The van der Waals surface area contributed by atoms with Crippen LogP contribution < -0.4 is 14.8 Å². The third-order valence-electron chi connectivity index (χ3n) is 5.31. The van der Waals surface area contributed by atoms with Crippen molar-refractivity contribution in [1.82, 2.24) is 5.32 Å². The van der Waals surface area contributed by atoms with Gasteiger partial charge in [0.2, 0.25) is 6.79 Å². The predicted octanol–water partition coefficient (Wildman–Crippen LogP) is 4.10. The second-order valence-electron chi connectivity index (χ2n) is 6.92. The molecule has 3 aliphatic rings. The molecule has 1 aromatic rings. The maximum atomic E-state index is 13.0. The lowest BCUT2D eigenvalue weighted by molar-refractivity contribution is -0.138. The van der Waals surface area contributed by atoms with Crippen molar-refractivity contribution in [2.24, 2.45) is 0 Å². The van der Waals surface area contributed by atoms with Crippen molar-refractivity contribution in [3.8, 4) is 11.5 Å². The van der Waals surface area contributed by atoms with E-state index in [2.05, 4.69) is 21.2 Å². The van der Waals surface area contributed by atoms with Crippen molar-refractivity contribution < 1.29 is 23.8 Å². The van der Waals surface area contributed by atoms with Crippen LogP contribution in [0.1, 0.15) is 51.0 Å². The third kappa shape index (κ3) is 3.11. The molecule has 0 aromatic heterocycles. The van der Waals surface area contributed by atoms with Crippen molar-refractivity contribution in [1.29, 1.82) is 0 Å². The van der Waals surface area contributed by atoms with E-state index in [9.17, 15) is 9.59 Å². The van der Waals surface area contributed by atoms with E-state index in [1.54, 1.807) is 6.92 Å². The Balaban J connectivity index is 1.93. The average molecular weight is 448 g/mol. The second-order valence-corrected chi connectivity index (χ2v) is 7.77. The maximum absolute atomic E-state index is 13.0. The second kappa shape index (κ2) is 7.62. The zero-order chi connectivity index (χ0) is 19.8. The van der Waals surface area contributed by atoms with Crippen LogP contribution in [0.5, 0.6) is 11.5 Å². The van der Waals surface area contributed by atoms with Gasteiger partial charge in [-0.1, -0.05) is 22.9 Å². The first kappa shape index (κ1) is 19.1. The Kier molecular flexibility index (Phi) is 5.19. The SMILES string of the molecule is CCOC(=O)C1=C(CC)NC2=C(C(=O)CCC2)[C@@H]1c1cc2c(cc1Br)OCO2. The molecule has 148 valence electrons. The van der Waals surface area contributed by atoms with E-state index < -0.39 is 11.9 Å². The molecule has 1 aromatic carbocycles. The van der Waals surface area contributed by atoms with Crippen molar-refractivity contribution in [2.45, 2.75) is 45.4 Å². The van der Waals surface area contributed by atoms with E-state index in [0.29, 0.717) is 35.5 Å². The minimum atomic E-state index is -0.498. The van der Waals surface area contributed by atoms with E-state index in [4.69, 9.17) is 14.2 Å². The largest absolute Gasteiger partial charge is 0.463 e. The van der Waals surface area contributed by atoms with Crippen molar-refractivity contribution in [3.05, 3.63) is 44.7 Å². The number of rotatable bonds is 4. The van der Waals surface area contributed by atoms with Gasteiger partial charge in [0.05, 0.1) is 12.2 Å². The number of hydrogen-bond donors (Lipinski definition) is 1. The number of fused-ring (bicyclic) bond motifs is 1. The number of benzene rings is 1. The fraction of sp³-hybridized carbons (Fsp3) is 0.429. The van der Waals surface area contributed by atoms with Crippen molar-refractivity contribution >= 4 is 27.7 Å². The molecule has 1 atom stereocenters. The smallest absolute Gasteiger partial charge is 0.336 e. The quantitative estimate of drug-likeness (QED) is 0.700. The van der Waals surface area contributed by atoms with Crippen molar-refractivity contribution in [2.75, 3.05) is 13.4 Å². The average Bonchev–Trinajstić information content (AvgIpc) is 3.13. The Hall–Kier alpha value is -2.28. The molecule has 0 unspecified atom stereocenters. The number of halogens is 1. The van der Waals surface area contributed by atoms with Crippen LogP contribution in [0.25, 0.3) is 0 Å². The van der Waals surface area contributed by atoms with Crippen LogP contribution in [-0.2, 0) is 14.3 Å². The van der Waals surface area contributed by atoms with Crippen LogP contribution in [0, 0.1) is 0 Å². The summed E-state index contributed by atoms with van der Waals surface area (Å²) in [6.45, 7) is 4.20. The van der Waals surface area contributed by atoms with Gasteiger partial charge < -0.3 is 19.5 Å². The number of carbonyl (C=O) groups excluding carboxylic acids is 2. The van der Waals surface area contributed by atoms with Gasteiger partial charge in [-0.3, -0.25) is 4.79 Å². The number of carbonyl (C=O) groups is 2. The standard InChI is InChI=1S/C21H22BrNO5/c1-3-13-20(21(25)26-4-2)18(19-14(23-13)6-5-7-15(19)24)11-8-16-17(9-12(11)22)28-10-27-16/h8-9,18,23H,3-7,10H2,1-2H3/t18-/m0/s1. The molecule has 2 heterocycles. The van der Waals surface area contributed by atoms with Crippen LogP contribution in [0.4, 0.5) is 0 Å². The summed E-state index contributed by atoms with van der Waals surface area (Å²) in [5, 5.41) is 3.36. The Morgan fingerprint density at radius 3 is 2.71 bits per heavy atom. The van der Waals surface area contributed by atoms with E-state index in [1.165, 1.54) is 0 Å². The molecule has 1 aliphatic carbocycles. The summed E-state index contributed by atoms with van der Waals surface area (Å²) in [5.41, 5.74) is 3.68. The maximum Gasteiger partial charge on any atom is 0.336 e. The number of nitrogens with one attached hydrogen (secondary N) is 1.